The Kier molecular flexibility index (Phi) is 2.63. The molecule has 0 aromatic carbocycles. The molecule has 0 unspecified atom stereocenters. The molecule has 1 N–H and O–H groups in total. The molecule has 1 aromatic heterocycles. The summed E-state index contributed by atoms with van der Waals surface area (Å²) in [6, 6.07) is 2.42. The molecular weight excluding hydrogens is 202 g/mol. The molecule has 0 amide bonds. The van der Waals surface area contributed by atoms with Crippen LogP contribution in [0.15, 0.2) is 10.9 Å². The zero-order valence-corrected chi connectivity index (χ0v) is 6.90. The maximum atomic E-state index is 12.2. The van der Waals surface area contributed by atoms with Gasteiger partial charge in [0.15, 0.2) is 0 Å². The van der Waals surface area contributed by atoms with E-state index in [2.05, 4.69) is 0 Å². The van der Waals surface area contributed by atoms with Crippen molar-refractivity contribution >= 4 is 11.6 Å². The van der Waals surface area contributed by atoms with E-state index >= 15 is 0 Å². The molecule has 0 aliphatic carbocycles. The monoisotopic (exact) mass is 204 g/mol. The van der Waals surface area contributed by atoms with Gasteiger partial charge >= 0.3 is 0 Å². The topological polar surface area (TPSA) is 56.6 Å². The van der Waals surface area contributed by atoms with E-state index in [9.17, 15) is 13.6 Å². The lowest BCUT2D eigenvalue weighted by Crippen LogP contribution is -2.10. The van der Waals surface area contributed by atoms with Crippen LogP contribution in [0.3, 0.4) is 0 Å². The van der Waals surface area contributed by atoms with Crippen LogP contribution >= 0.6 is 11.6 Å². The van der Waals surface area contributed by atoms with Crippen molar-refractivity contribution in [3.8, 4) is 6.07 Å². The number of nitriles is 1. The first kappa shape index (κ1) is 9.68. The molecular formula is C7H3ClF2N2O. The number of aromatic amines is 1. The van der Waals surface area contributed by atoms with E-state index in [1.54, 1.807) is 6.07 Å². The molecule has 6 heteroatoms. The van der Waals surface area contributed by atoms with Crippen LogP contribution in [0.2, 0.25) is 5.02 Å². The summed E-state index contributed by atoms with van der Waals surface area (Å²) in [5, 5.41) is 8.01. The largest absolute Gasteiger partial charge is 0.320 e. The summed E-state index contributed by atoms with van der Waals surface area (Å²) in [7, 11) is 0. The van der Waals surface area contributed by atoms with Crippen LogP contribution in [-0.4, -0.2) is 4.98 Å². The predicted molar refractivity (Wildman–Crippen MR) is 41.7 cm³/mol. The van der Waals surface area contributed by atoms with Gasteiger partial charge in [-0.1, -0.05) is 11.6 Å². The van der Waals surface area contributed by atoms with Crippen molar-refractivity contribution in [2.45, 2.75) is 6.43 Å². The Balaban J connectivity index is 3.47. The van der Waals surface area contributed by atoms with Gasteiger partial charge in [0.05, 0.1) is 10.6 Å². The van der Waals surface area contributed by atoms with Crippen molar-refractivity contribution in [1.29, 1.82) is 5.26 Å². The summed E-state index contributed by atoms with van der Waals surface area (Å²) in [5.41, 5.74) is -1.73. The fourth-order valence-electron chi connectivity index (χ4n) is 0.795. The third-order valence-corrected chi connectivity index (χ3v) is 1.75. The number of nitrogens with zero attached hydrogens (tertiary/aromatic N) is 1. The SMILES string of the molecule is N#Cc1cc(=O)[nH]c(C(F)F)c1Cl. The van der Waals surface area contributed by atoms with Crippen LogP contribution in [0.5, 0.6) is 0 Å². The van der Waals surface area contributed by atoms with E-state index in [0.29, 0.717) is 0 Å². The zero-order chi connectivity index (χ0) is 10.0. The smallest absolute Gasteiger partial charge is 0.279 e. The zero-order valence-electron chi connectivity index (χ0n) is 6.14. The Morgan fingerprint density at radius 1 is 1.62 bits per heavy atom. The van der Waals surface area contributed by atoms with Crippen molar-refractivity contribution in [2.24, 2.45) is 0 Å². The van der Waals surface area contributed by atoms with Crippen LogP contribution in [0.4, 0.5) is 8.78 Å². The quantitative estimate of drug-likeness (QED) is 0.759. The molecule has 0 radical (unpaired) electrons. The summed E-state index contributed by atoms with van der Waals surface area (Å²) < 4.78 is 24.3. The predicted octanol–water partition coefficient (Wildman–Crippen LogP) is 1.84. The fourth-order valence-corrected chi connectivity index (χ4v) is 1.02. The molecule has 0 aliphatic heterocycles. The minimum atomic E-state index is -2.89. The normalized spacial score (nSPS) is 10.1. The first-order valence-electron chi connectivity index (χ1n) is 3.17. The lowest BCUT2D eigenvalue weighted by atomic mass is 10.2. The van der Waals surface area contributed by atoms with Gasteiger partial charge < -0.3 is 4.98 Å². The number of hydrogen-bond donors (Lipinski definition) is 1. The Labute approximate surface area is 76.6 Å². The second-order valence-corrected chi connectivity index (χ2v) is 2.57. The van der Waals surface area contributed by atoms with E-state index in [1.807, 2.05) is 4.98 Å². The molecule has 0 saturated carbocycles. The molecule has 1 rings (SSSR count). The van der Waals surface area contributed by atoms with Crippen molar-refractivity contribution in [3.63, 3.8) is 0 Å². The first-order chi connectivity index (χ1) is 6.06. The summed E-state index contributed by atoms with van der Waals surface area (Å²) in [6.07, 6.45) is -2.89. The molecule has 0 bridgehead atoms. The number of halogens is 3. The average molecular weight is 205 g/mol. The molecule has 0 fully saturated rings. The van der Waals surface area contributed by atoms with Crippen molar-refractivity contribution < 1.29 is 8.78 Å². The standard InChI is InChI=1S/C7H3ClF2N2O/c8-5-3(2-11)1-4(13)12-6(5)7(9)10/h1,7H,(H,12,13). The molecule has 0 saturated heterocycles. The van der Waals surface area contributed by atoms with Gasteiger partial charge in [0.1, 0.15) is 11.8 Å². The van der Waals surface area contributed by atoms with Gasteiger partial charge in [0, 0.05) is 6.07 Å². The fraction of sp³-hybridized carbons (Fsp3) is 0.143. The van der Waals surface area contributed by atoms with Crippen LogP contribution in [-0.2, 0) is 0 Å². The average Bonchev–Trinajstić information content (AvgIpc) is 2.08. The lowest BCUT2D eigenvalue weighted by Gasteiger charge is -2.02. The number of nitrogens with one attached hydrogen (secondary N) is 1. The van der Waals surface area contributed by atoms with Crippen LogP contribution in [0, 0.1) is 11.3 Å². The third-order valence-electron chi connectivity index (χ3n) is 1.34. The maximum Gasteiger partial charge on any atom is 0.279 e. The maximum absolute atomic E-state index is 12.2. The second-order valence-electron chi connectivity index (χ2n) is 2.19. The highest BCUT2D eigenvalue weighted by atomic mass is 35.5. The van der Waals surface area contributed by atoms with E-state index in [0.717, 1.165) is 6.07 Å². The minimum absolute atomic E-state index is 0.249. The van der Waals surface area contributed by atoms with Crippen LogP contribution in [0.25, 0.3) is 0 Å². The Bertz CT molecular complexity index is 421. The van der Waals surface area contributed by atoms with Gasteiger partial charge in [0.2, 0.25) is 5.56 Å². The first-order valence-corrected chi connectivity index (χ1v) is 3.55. The number of pyridine rings is 1. The van der Waals surface area contributed by atoms with E-state index < -0.39 is 22.7 Å². The minimum Gasteiger partial charge on any atom is -0.320 e. The number of aromatic nitrogens is 1. The molecule has 1 aromatic rings. The van der Waals surface area contributed by atoms with Gasteiger partial charge in [-0.25, -0.2) is 8.78 Å². The molecule has 0 atom stereocenters. The number of H-pyrrole nitrogens is 1. The van der Waals surface area contributed by atoms with Gasteiger partial charge in [-0.3, -0.25) is 4.79 Å². The molecule has 0 aliphatic rings. The van der Waals surface area contributed by atoms with Gasteiger partial charge in [0.25, 0.3) is 6.43 Å². The van der Waals surface area contributed by atoms with Crippen molar-refractivity contribution in [2.75, 3.05) is 0 Å². The van der Waals surface area contributed by atoms with E-state index in [-0.39, 0.29) is 5.56 Å². The Morgan fingerprint density at radius 3 is 2.69 bits per heavy atom. The third kappa shape index (κ3) is 1.84. The van der Waals surface area contributed by atoms with Crippen molar-refractivity contribution in [3.05, 3.63) is 32.7 Å². The van der Waals surface area contributed by atoms with E-state index in [1.165, 1.54) is 0 Å². The molecule has 1 heterocycles. The summed E-state index contributed by atoms with van der Waals surface area (Å²) in [6.45, 7) is 0. The van der Waals surface area contributed by atoms with Gasteiger partial charge in [-0.2, -0.15) is 5.26 Å². The summed E-state index contributed by atoms with van der Waals surface area (Å²) in [5.74, 6) is 0. The van der Waals surface area contributed by atoms with Gasteiger partial charge in [-0.15, -0.1) is 0 Å². The highest BCUT2D eigenvalue weighted by Crippen LogP contribution is 2.25. The molecule has 3 nitrogen and oxygen atoms in total. The summed E-state index contributed by atoms with van der Waals surface area (Å²) >= 11 is 5.40. The van der Waals surface area contributed by atoms with Crippen molar-refractivity contribution in [1.82, 2.24) is 4.98 Å². The van der Waals surface area contributed by atoms with E-state index in [4.69, 9.17) is 16.9 Å². The Morgan fingerprint density at radius 2 is 2.23 bits per heavy atom. The number of rotatable bonds is 1. The van der Waals surface area contributed by atoms with Crippen LogP contribution < -0.4 is 5.56 Å². The molecule has 0 spiro atoms. The summed E-state index contributed by atoms with van der Waals surface area (Å²) in [4.78, 5) is 12.6. The Hall–Kier alpha value is -1.41. The highest BCUT2D eigenvalue weighted by Gasteiger charge is 2.16. The number of hydrogen-bond acceptors (Lipinski definition) is 2. The molecule has 68 valence electrons. The molecule has 13 heavy (non-hydrogen) atoms. The highest BCUT2D eigenvalue weighted by molar-refractivity contribution is 6.32. The second kappa shape index (κ2) is 3.54. The van der Waals surface area contributed by atoms with Crippen LogP contribution in [0.1, 0.15) is 17.7 Å². The lowest BCUT2D eigenvalue weighted by molar-refractivity contribution is 0.146. The number of alkyl halides is 2. The van der Waals surface area contributed by atoms with Gasteiger partial charge in [-0.05, 0) is 0 Å².